The predicted octanol–water partition coefficient (Wildman–Crippen LogP) is 6.37. The fourth-order valence-electron chi connectivity index (χ4n) is 3.48. The Labute approximate surface area is 199 Å². The van der Waals surface area contributed by atoms with Gasteiger partial charge in [-0.2, -0.15) is 0 Å². The van der Waals surface area contributed by atoms with Gasteiger partial charge < -0.3 is 9.47 Å². The second kappa shape index (κ2) is 8.96. The van der Waals surface area contributed by atoms with Crippen molar-refractivity contribution in [2.24, 2.45) is 4.99 Å². The normalized spacial score (nSPS) is 14.5. The minimum atomic E-state index is -0.472. The highest BCUT2D eigenvalue weighted by Crippen LogP contribution is 2.26. The molecule has 5 heteroatoms. The number of carbonyl (C=O) groups excluding carboxylic acids is 1. The fourth-order valence-corrected chi connectivity index (χ4v) is 3.83. The van der Waals surface area contributed by atoms with Crippen LogP contribution < -0.4 is 4.74 Å². The zero-order chi connectivity index (χ0) is 21.9. The summed E-state index contributed by atoms with van der Waals surface area (Å²) in [5.74, 6) is 0.519. The van der Waals surface area contributed by atoms with Gasteiger partial charge in [-0.25, -0.2) is 9.79 Å². The molecular formula is C27H18INO3. The van der Waals surface area contributed by atoms with Gasteiger partial charge in [0.1, 0.15) is 12.4 Å². The summed E-state index contributed by atoms with van der Waals surface area (Å²) in [5.41, 5.74) is 2.86. The number of nitrogens with zero attached hydrogens (tertiary/aromatic N) is 1. The molecule has 0 aromatic heterocycles. The van der Waals surface area contributed by atoms with Gasteiger partial charge in [0.15, 0.2) is 5.70 Å². The monoisotopic (exact) mass is 531 g/mol. The summed E-state index contributed by atoms with van der Waals surface area (Å²) in [7, 11) is 0. The lowest BCUT2D eigenvalue weighted by Gasteiger charge is -2.09. The number of carbonyl (C=O) groups is 1. The molecule has 0 bridgehead atoms. The van der Waals surface area contributed by atoms with E-state index in [9.17, 15) is 4.79 Å². The van der Waals surface area contributed by atoms with Crippen molar-refractivity contribution in [3.8, 4) is 5.75 Å². The number of benzene rings is 4. The van der Waals surface area contributed by atoms with Gasteiger partial charge in [-0.3, -0.25) is 0 Å². The summed E-state index contributed by atoms with van der Waals surface area (Å²) in [6.45, 7) is 0.438. The highest BCUT2D eigenvalue weighted by molar-refractivity contribution is 14.1. The molecule has 4 nitrogen and oxygen atoms in total. The first kappa shape index (κ1) is 20.5. The van der Waals surface area contributed by atoms with E-state index in [4.69, 9.17) is 9.47 Å². The van der Waals surface area contributed by atoms with E-state index in [0.717, 1.165) is 27.5 Å². The van der Waals surface area contributed by atoms with E-state index in [1.807, 2.05) is 91.0 Å². The second-order valence-electron chi connectivity index (χ2n) is 7.35. The van der Waals surface area contributed by atoms with Crippen molar-refractivity contribution < 1.29 is 14.3 Å². The van der Waals surface area contributed by atoms with Crippen molar-refractivity contribution in [1.82, 2.24) is 0 Å². The molecule has 0 N–H and O–H groups in total. The quantitative estimate of drug-likeness (QED) is 0.171. The van der Waals surface area contributed by atoms with Crippen LogP contribution in [0.1, 0.15) is 16.7 Å². The van der Waals surface area contributed by atoms with Crippen LogP contribution in [0.5, 0.6) is 5.75 Å². The van der Waals surface area contributed by atoms with E-state index < -0.39 is 5.97 Å². The Balaban J connectivity index is 1.41. The van der Waals surface area contributed by atoms with Crippen LogP contribution in [-0.2, 0) is 16.1 Å². The largest absolute Gasteiger partial charge is 0.488 e. The lowest BCUT2D eigenvalue weighted by atomic mass is 10.1. The molecule has 0 aliphatic carbocycles. The second-order valence-corrected chi connectivity index (χ2v) is 8.60. The maximum absolute atomic E-state index is 12.5. The smallest absolute Gasteiger partial charge is 0.363 e. The van der Waals surface area contributed by atoms with Crippen LogP contribution >= 0.6 is 22.6 Å². The van der Waals surface area contributed by atoms with E-state index >= 15 is 0 Å². The molecule has 0 unspecified atom stereocenters. The van der Waals surface area contributed by atoms with Gasteiger partial charge in [-0.1, -0.05) is 60.7 Å². The average Bonchev–Trinajstić information content (AvgIpc) is 3.19. The summed E-state index contributed by atoms with van der Waals surface area (Å²) in [6, 6.07) is 29.7. The Morgan fingerprint density at radius 3 is 2.47 bits per heavy atom. The van der Waals surface area contributed by atoms with Gasteiger partial charge in [-0.05, 0) is 75.3 Å². The predicted molar refractivity (Wildman–Crippen MR) is 134 cm³/mol. The van der Waals surface area contributed by atoms with Gasteiger partial charge in [0.2, 0.25) is 5.90 Å². The van der Waals surface area contributed by atoms with Crippen molar-refractivity contribution in [2.75, 3.05) is 0 Å². The Bertz CT molecular complexity index is 1370. The van der Waals surface area contributed by atoms with Gasteiger partial charge in [-0.15, -0.1) is 0 Å². The molecule has 0 spiro atoms. The van der Waals surface area contributed by atoms with E-state index in [1.165, 1.54) is 3.57 Å². The van der Waals surface area contributed by atoms with Crippen LogP contribution in [0.25, 0.3) is 16.8 Å². The number of fused-ring (bicyclic) bond motifs is 1. The lowest BCUT2D eigenvalue weighted by molar-refractivity contribution is -0.129. The third-order valence-electron chi connectivity index (χ3n) is 5.14. The minimum absolute atomic E-state index is 0.249. The van der Waals surface area contributed by atoms with Crippen LogP contribution in [0.2, 0.25) is 0 Å². The molecule has 1 heterocycles. The maximum Gasteiger partial charge on any atom is 0.363 e. The molecule has 156 valence electrons. The zero-order valence-corrected chi connectivity index (χ0v) is 19.2. The molecule has 0 fully saturated rings. The van der Waals surface area contributed by atoms with Crippen LogP contribution in [0.15, 0.2) is 102 Å². The topological polar surface area (TPSA) is 47.9 Å². The summed E-state index contributed by atoms with van der Waals surface area (Å²) < 4.78 is 12.7. The van der Waals surface area contributed by atoms with Gasteiger partial charge >= 0.3 is 5.97 Å². The van der Waals surface area contributed by atoms with E-state index in [0.29, 0.717) is 18.3 Å². The Hall–Kier alpha value is -3.45. The number of cyclic esters (lactones) is 1. The molecule has 0 atom stereocenters. The lowest BCUT2D eigenvalue weighted by Crippen LogP contribution is -2.05. The van der Waals surface area contributed by atoms with Crippen molar-refractivity contribution in [2.45, 2.75) is 6.61 Å². The molecule has 1 aliphatic heterocycles. The minimum Gasteiger partial charge on any atom is -0.488 e. The van der Waals surface area contributed by atoms with E-state index in [-0.39, 0.29) is 5.70 Å². The molecule has 0 amide bonds. The molecular weight excluding hydrogens is 513 g/mol. The number of hydrogen-bond donors (Lipinski definition) is 0. The number of ether oxygens (including phenoxy) is 2. The Morgan fingerprint density at radius 1 is 0.875 bits per heavy atom. The van der Waals surface area contributed by atoms with Gasteiger partial charge in [0, 0.05) is 14.7 Å². The van der Waals surface area contributed by atoms with Crippen LogP contribution in [0, 0.1) is 3.57 Å². The molecule has 4 aromatic rings. The highest BCUT2D eigenvalue weighted by atomic mass is 127. The fraction of sp³-hybridized carbons (Fsp3) is 0.0370. The molecule has 4 aromatic carbocycles. The molecule has 0 radical (unpaired) electrons. The Morgan fingerprint density at radius 2 is 1.62 bits per heavy atom. The zero-order valence-electron chi connectivity index (χ0n) is 17.0. The maximum atomic E-state index is 12.5. The van der Waals surface area contributed by atoms with Crippen LogP contribution in [0.3, 0.4) is 0 Å². The number of esters is 1. The van der Waals surface area contributed by atoms with E-state index in [2.05, 4.69) is 27.6 Å². The summed E-state index contributed by atoms with van der Waals surface area (Å²) in [6.07, 6.45) is 1.71. The van der Waals surface area contributed by atoms with Crippen LogP contribution in [-0.4, -0.2) is 11.9 Å². The standard InChI is InChI=1S/C27H18INO3/c28-23-13-9-18(10-14-23)17-31-25-8-4-3-7-21(25)16-24-27(30)32-26(29-24)22-12-11-19-5-1-2-6-20(19)15-22/h1-16H,17H2/b24-16-. The summed E-state index contributed by atoms with van der Waals surface area (Å²) in [5, 5.41) is 2.19. The van der Waals surface area contributed by atoms with Crippen molar-refractivity contribution in [3.63, 3.8) is 0 Å². The number of aliphatic imine (C=N–C) groups is 1. The van der Waals surface area contributed by atoms with Crippen LogP contribution in [0.4, 0.5) is 0 Å². The van der Waals surface area contributed by atoms with Crippen molar-refractivity contribution >= 4 is 51.3 Å². The molecule has 0 saturated heterocycles. The first-order chi connectivity index (χ1) is 15.7. The molecule has 5 rings (SSSR count). The number of halogens is 1. The van der Waals surface area contributed by atoms with Crippen molar-refractivity contribution in [3.05, 3.63) is 117 Å². The summed E-state index contributed by atoms with van der Waals surface area (Å²) >= 11 is 2.28. The molecule has 0 saturated carbocycles. The first-order valence-electron chi connectivity index (χ1n) is 10.1. The highest BCUT2D eigenvalue weighted by Gasteiger charge is 2.24. The number of para-hydroxylation sites is 1. The van der Waals surface area contributed by atoms with Gasteiger partial charge in [0.05, 0.1) is 0 Å². The Kier molecular flexibility index (Phi) is 5.73. The van der Waals surface area contributed by atoms with Crippen molar-refractivity contribution in [1.29, 1.82) is 0 Å². The van der Waals surface area contributed by atoms with Gasteiger partial charge in [0.25, 0.3) is 0 Å². The number of hydrogen-bond acceptors (Lipinski definition) is 4. The third-order valence-corrected chi connectivity index (χ3v) is 5.85. The molecule has 1 aliphatic rings. The molecule has 32 heavy (non-hydrogen) atoms. The summed E-state index contributed by atoms with van der Waals surface area (Å²) in [4.78, 5) is 17.0. The number of rotatable bonds is 5. The third kappa shape index (κ3) is 4.43. The first-order valence-corrected chi connectivity index (χ1v) is 11.2. The SMILES string of the molecule is O=C1OC(c2ccc3ccccc3c2)=N/C1=C\c1ccccc1OCc1ccc(I)cc1. The van der Waals surface area contributed by atoms with E-state index in [1.54, 1.807) is 6.08 Å². The average molecular weight is 531 g/mol.